The Morgan fingerprint density at radius 3 is 2.56 bits per heavy atom. The SMILES string of the molecule is CC1CCCCN1C(C(=O)O)c1ccccc1.Cl. The number of piperidine rings is 1. The molecule has 0 radical (unpaired) electrons. The molecule has 4 heteroatoms. The number of hydrogen-bond acceptors (Lipinski definition) is 2. The van der Waals surface area contributed by atoms with Gasteiger partial charge in [0.05, 0.1) is 0 Å². The monoisotopic (exact) mass is 269 g/mol. The number of carbonyl (C=O) groups is 1. The van der Waals surface area contributed by atoms with Gasteiger partial charge in [-0.3, -0.25) is 9.69 Å². The summed E-state index contributed by atoms with van der Waals surface area (Å²) >= 11 is 0. The number of benzene rings is 1. The van der Waals surface area contributed by atoms with Crippen LogP contribution in [0.25, 0.3) is 0 Å². The molecule has 1 saturated heterocycles. The van der Waals surface area contributed by atoms with E-state index >= 15 is 0 Å². The Labute approximate surface area is 114 Å². The Morgan fingerprint density at radius 1 is 1.33 bits per heavy atom. The number of likely N-dealkylation sites (tertiary alicyclic amines) is 1. The Bertz CT molecular complexity index is 383. The van der Waals surface area contributed by atoms with Gasteiger partial charge in [-0.25, -0.2) is 0 Å². The first-order valence-corrected chi connectivity index (χ1v) is 6.23. The van der Waals surface area contributed by atoms with Crippen molar-refractivity contribution in [2.45, 2.75) is 38.3 Å². The zero-order valence-corrected chi connectivity index (χ0v) is 11.4. The van der Waals surface area contributed by atoms with E-state index in [9.17, 15) is 9.90 Å². The van der Waals surface area contributed by atoms with Crippen molar-refractivity contribution in [3.05, 3.63) is 35.9 Å². The molecule has 18 heavy (non-hydrogen) atoms. The predicted molar refractivity (Wildman–Crippen MR) is 74.1 cm³/mol. The van der Waals surface area contributed by atoms with Gasteiger partial charge in [0.2, 0.25) is 0 Å². The molecule has 1 N–H and O–H groups in total. The summed E-state index contributed by atoms with van der Waals surface area (Å²) in [5, 5.41) is 9.46. The molecule has 0 aromatic heterocycles. The largest absolute Gasteiger partial charge is 0.480 e. The first kappa shape index (κ1) is 15.0. The van der Waals surface area contributed by atoms with E-state index in [-0.39, 0.29) is 12.4 Å². The van der Waals surface area contributed by atoms with E-state index in [1.54, 1.807) is 0 Å². The quantitative estimate of drug-likeness (QED) is 0.917. The van der Waals surface area contributed by atoms with Gasteiger partial charge < -0.3 is 5.11 Å². The zero-order valence-electron chi connectivity index (χ0n) is 10.6. The first-order chi connectivity index (χ1) is 8.20. The summed E-state index contributed by atoms with van der Waals surface area (Å²) in [6, 6.07) is 9.39. The van der Waals surface area contributed by atoms with Gasteiger partial charge in [0.15, 0.2) is 0 Å². The van der Waals surface area contributed by atoms with Gasteiger partial charge in [0.25, 0.3) is 0 Å². The molecule has 0 saturated carbocycles. The van der Waals surface area contributed by atoms with Crippen LogP contribution in [-0.4, -0.2) is 28.6 Å². The summed E-state index contributed by atoms with van der Waals surface area (Å²) in [4.78, 5) is 13.6. The van der Waals surface area contributed by atoms with Gasteiger partial charge >= 0.3 is 5.97 Å². The molecule has 1 heterocycles. The van der Waals surface area contributed by atoms with Crippen LogP contribution in [0.4, 0.5) is 0 Å². The average Bonchev–Trinajstić information content (AvgIpc) is 2.33. The second-order valence-corrected chi connectivity index (χ2v) is 4.73. The highest BCUT2D eigenvalue weighted by Gasteiger charge is 2.31. The number of carboxylic acids is 1. The smallest absolute Gasteiger partial charge is 0.325 e. The summed E-state index contributed by atoms with van der Waals surface area (Å²) in [5.41, 5.74) is 0.883. The summed E-state index contributed by atoms with van der Waals surface area (Å²) in [7, 11) is 0. The van der Waals surface area contributed by atoms with Crippen LogP contribution in [0.1, 0.15) is 37.8 Å². The van der Waals surface area contributed by atoms with E-state index in [1.165, 1.54) is 6.42 Å². The molecular formula is C14H20ClNO2. The van der Waals surface area contributed by atoms with Crippen molar-refractivity contribution in [3.8, 4) is 0 Å². The third-order valence-corrected chi connectivity index (χ3v) is 3.54. The van der Waals surface area contributed by atoms with E-state index in [0.717, 1.165) is 24.9 Å². The summed E-state index contributed by atoms with van der Waals surface area (Å²) < 4.78 is 0. The van der Waals surface area contributed by atoms with Gasteiger partial charge in [-0.15, -0.1) is 12.4 Å². The lowest BCUT2D eigenvalue weighted by molar-refractivity contribution is -0.145. The standard InChI is InChI=1S/C14H19NO2.ClH/c1-11-7-5-6-10-15(11)13(14(16)17)12-8-3-2-4-9-12;/h2-4,8-9,11,13H,5-7,10H2,1H3,(H,16,17);1H. The first-order valence-electron chi connectivity index (χ1n) is 6.23. The Morgan fingerprint density at radius 2 is 2.00 bits per heavy atom. The van der Waals surface area contributed by atoms with Crippen molar-refractivity contribution in [3.63, 3.8) is 0 Å². The van der Waals surface area contributed by atoms with Crippen molar-refractivity contribution in [2.75, 3.05) is 6.54 Å². The number of carboxylic acid groups (broad SMARTS) is 1. The fourth-order valence-electron chi connectivity index (χ4n) is 2.62. The number of rotatable bonds is 3. The third-order valence-electron chi connectivity index (χ3n) is 3.54. The molecule has 1 aliphatic heterocycles. The van der Waals surface area contributed by atoms with Crippen molar-refractivity contribution < 1.29 is 9.90 Å². The maximum absolute atomic E-state index is 11.5. The lowest BCUT2D eigenvalue weighted by Gasteiger charge is -2.37. The molecule has 2 unspecified atom stereocenters. The van der Waals surface area contributed by atoms with Crippen LogP contribution in [0.3, 0.4) is 0 Å². The van der Waals surface area contributed by atoms with Crippen molar-refractivity contribution in [2.24, 2.45) is 0 Å². The minimum Gasteiger partial charge on any atom is -0.480 e. The van der Waals surface area contributed by atoms with Crippen LogP contribution in [0.2, 0.25) is 0 Å². The fraction of sp³-hybridized carbons (Fsp3) is 0.500. The second-order valence-electron chi connectivity index (χ2n) is 4.73. The highest BCUT2D eigenvalue weighted by atomic mass is 35.5. The van der Waals surface area contributed by atoms with Crippen LogP contribution in [0.5, 0.6) is 0 Å². The molecule has 0 amide bonds. The van der Waals surface area contributed by atoms with Crippen molar-refractivity contribution in [1.82, 2.24) is 4.90 Å². The lowest BCUT2D eigenvalue weighted by Crippen LogP contribution is -2.43. The van der Waals surface area contributed by atoms with Gasteiger partial charge in [0, 0.05) is 6.04 Å². The fourth-order valence-corrected chi connectivity index (χ4v) is 2.62. The number of nitrogens with zero attached hydrogens (tertiary/aromatic N) is 1. The molecule has 1 aromatic rings. The van der Waals surface area contributed by atoms with Gasteiger partial charge in [0.1, 0.15) is 6.04 Å². The van der Waals surface area contributed by atoms with E-state index in [2.05, 4.69) is 11.8 Å². The van der Waals surface area contributed by atoms with Crippen LogP contribution >= 0.6 is 12.4 Å². The lowest BCUT2D eigenvalue weighted by atomic mass is 9.97. The molecule has 100 valence electrons. The highest BCUT2D eigenvalue weighted by Crippen LogP contribution is 2.28. The third kappa shape index (κ3) is 3.24. The molecule has 2 atom stereocenters. The summed E-state index contributed by atoms with van der Waals surface area (Å²) in [6.07, 6.45) is 3.40. The van der Waals surface area contributed by atoms with E-state index < -0.39 is 12.0 Å². The van der Waals surface area contributed by atoms with Crippen molar-refractivity contribution in [1.29, 1.82) is 0 Å². The molecule has 2 rings (SSSR count). The zero-order chi connectivity index (χ0) is 12.3. The van der Waals surface area contributed by atoms with E-state index in [4.69, 9.17) is 0 Å². The average molecular weight is 270 g/mol. The number of hydrogen-bond donors (Lipinski definition) is 1. The number of halogens is 1. The minimum absolute atomic E-state index is 0. The molecule has 0 aliphatic carbocycles. The molecule has 3 nitrogen and oxygen atoms in total. The molecular weight excluding hydrogens is 250 g/mol. The van der Waals surface area contributed by atoms with Crippen LogP contribution < -0.4 is 0 Å². The number of aliphatic carboxylic acids is 1. The molecule has 0 bridgehead atoms. The Balaban J connectivity index is 0.00000162. The second kappa shape index (κ2) is 6.76. The minimum atomic E-state index is -0.745. The highest BCUT2D eigenvalue weighted by molar-refractivity contribution is 5.85. The summed E-state index contributed by atoms with van der Waals surface area (Å²) in [5.74, 6) is -0.745. The van der Waals surface area contributed by atoms with E-state index in [0.29, 0.717) is 6.04 Å². The van der Waals surface area contributed by atoms with Gasteiger partial charge in [-0.1, -0.05) is 36.8 Å². The molecule has 1 fully saturated rings. The maximum Gasteiger partial charge on any atom is 0.325 e. The molecule has 0 spiro atoms. The molecule has 1 aromatic carbocycles. The van der Waals surface area contributed by atoms with Crippen LogP contribution in [-0.2, 0) is 4.79 Å². The van der Waals surface area contributed by atoms with Gasteiger partial charge in [-0.05, 0) is 31.9 Å². The van der Waals surface area contributed by atoms with Gasteiger partial charge in [-0.2, -0.15) is 0 Å². The Hall–Kier alpha value is -1.06. The predicted octanol–water partition coefficient (Wildman–Crippen LogP) is 3.11. The van der Waals surface area contributed by atoms with Crippen LogP contribution in [0.15, 0.2) is 30.3 Å². The Kier molecular flexibility index (Phi) is 5.63. The van der Waals surface area contributed by atoms with E-state index in [1.807, 2.05) is 30.3 Å². The topological polar surface area (TPSA) is 40.5 Å². The molecule has 1 aliphatic rings. The maximum atomic E-state index is 11.5. The van der Waals surface area contributed by atoms with Crippen molar-refractivity contribution >= 4 is 18.4 Å². The normalized spacial score (nSPS) is 21.9. The van der Waals surface area contributed by atoms with Crippen LogP contribution in [0, 0.1) is 0 Å². The summed E-state index contributed by atoms with van der Waals surface area (Å²) in [6.45, 7) is 3.01.